The molecule has 0 aliphatic heterocycles. The maximum Gasteiger partial charge on any atom is 0.336 e. The molecule has 2 N–H and O–H groups in total. The second-order valence-corrected chi connectivity index (χ2v) is 6.71. The van der Waals surface area contributed by atoms with Crippen LogP contribution < -0.4 is 0 Å². The van der Waals surface area contributed by atoms with E-state index in [1.165, 1.54) is 43.9 Å². The molecule has 0 heterocycles. The zero-order chi connectivity index (χ0) is 19.4. The predicted molar refractivity (Wildman–Crippen MR) is 103 cm³/mol. The minimum atomic E-state index is -1.03. The Balaban J connectivity index is 2.55. The highest BCUT2D eigenvalue weighted by atomic mass is 16.7. The number of aromatic hydroxyl groups is 1. The topological polar surface area (TPSA) is 76.0 Å². The summed E-state index contributed by atoms with van der Waals surface area (Å²) < 4.78 is 11.9. The van der Waals surface area contributed by atoms with Gasteiger partial charge in [0.15, 0.2) is 6.29 Å². The molecule has 0 aliphatic rings. The van der Waals surface area contributed by atoms with Crippen LogP contribution in [0.2, 0.25) is 0 Å². The van der Waals surface area contributed by atoms with E-state index in [1.54, 1.807) is 6.92 Å². The number of carboxylic acids is 1. The number of aromatic carboxylic acids is 1. The van der Waals surface area contributed by atoms with E-state index in [9.17, 15) is 15.0 Å². The first-order chi connectivity index (χ1) is 12.5. The SMILES string of the molecule is CCCCCCCCOC(CCC)OC(C)c1cc(O)ccc1C(=O)O. The number of unbranched alkanes of at least 4 members (excludes halogenated alkanes) is 5. The smallest absolute Gasteiger partial charge is 0.336 e. The predicted octanol–water partition coefficient (Wildman–Crippen LogP) is 5.67. The zero-order valence-corrected chi connectivity index (χ0v) is 16.4. The Morgan fingerprint density at radius 2 is 1.77 bits per heavy atom. The average molecular weight is 366 g/mol. The number of ether oxygens (including phenoxy) is 2. The van der Waals surface area contributed by atoms with Gasteiger partial charge < -0.3 is 19.7 Å². The van der Waals surface area contributed by atoms with Gasteiger partial charge in [-0.15, -0.1) is 0 Å². The number of carbonyl (C=O) groups is 1. The Morgan fingerprint density at radius 1 is 1.08 bits per heavy atom. The van der Waals surface area contributed by atoms with E-state index in [4.69, 9.17) is 9.47 Å². The highest BCUT2D eigenvalue weighted by Gasteiger charge is 2.20. The van der Waals surface area contributed by atoms with E-state index in [-0.39, 0.29) is 17.6 Å². The van der Waals surface area contributed by atoms with E-state index in [0.29, 0.717) is 12.2 Å². The van der Waals surface area contributed by atoms with Crippen LogP contribution >= 0.6 is 0 Å². The van der Waals surface area contributed by atoms with Crippen molar-refractivity contribution in [3.8, 4) is 5.75 Å². The summed E-state index contributed by atoms with van der Waals surface area (Å²) in [5, 5.41) is 19.0. The molecule has 0 spiro atoms. The summed E-state index contributed by atoms with van der Waals surface area (Å²) in [6, 6.07) is 4.22. The van der Waals surface area contributed by atoms with Crippen molar-refractivity contribution in [3.05, 3.63) is 29.3 Å². The van der Waals surface area contributed by atoms with Gasteiger partial charge in [0.05, 0.1) is 11.7 Å². The normalized spacial score (nSPS) is 13.5. The first kappa shape index (κ1) is 22.5. The molecule has 5 heteroatoms. The number of carboxylic acid groups (broad SMARTS) is 1. The molecule has 1 aromatic rings. The fraction of sp³-hybridized carbons (Fsp3) is 0.667. The average Bonchev–Trinajstić information content (AvgIpc) is 2.60. The summed E-state index contributed by atoms with van der Waals surface area (Å²) in [6.45, 7) is 6.71. The third-order valence-electron chi connectivity index (χ3n) is 4.39. The molecule has 0 fully saturated rings. The summed E-state index contributed by atoms with van der Waals surface area (Å²) in [7, 11) is 0. The van der Waals surface area contributed by atoms with Gasteiger partial charge in [-0.05, 0) is 43.5 Å². The van der Waals surface area contributed by atoms with Crippen molar-refractivity contribution < 1.29 is 24.5 Å². The van der Waals surface area contributed by atoms with Gasteiger partial charge in [0.1, 0.15) is 5.75 Å². The second-order valence-electron chi connectivity index (χ2n) is 6.71. The molecule has 2 unspecified atom stereocenters. The first-order valence-electron chi connectivity index (χ1n) is 9.82. The molecule has 0 saturated heterocycles. The number of hydrogen-bond acceptors (Lipinski definition) is 4. The standard InChI is InChI=1S/C21H34O5/c1-4-6-7-8-9-10-14-25-20(11-5-2)26-16(3)19-15-17(22)12-13-18(19)21(23)24/h12-13,15-16,20,22H,4-11,14H2,1-3H3,(H,23,24). The Morgan fingerprint density at radius 3 is 2.42 bits per heavy atom. The number of phenolic OH excluding ortho intramolecular Hbond substituents is 1. The van der Waals surface area contributed by atoms with E-state index in [0.717, 1.165) is 25.7 Å². The summed E-state index contributed by atoms with van der Waals surface area (Å²) in [4.78, 5) is 11.4. The van der Waals surface area contributed by atoms with Crippen molar-refractivity contribution in [2.45, 2.75) is 84.5 Å². The van der Waals surface area contributed by atoms with Gasteiger partial charge in [-0.1, -0.05) is 52.4 Å². The molecule has 0 saturated carbocycles. The lowest BCUT2D eigenvalue weighted by molar-refractivity contribution is -0.172. The van der Waals surface area contributed by atoms with E-state index >= 15 is 0 Å². The monoisotopic (exact) mass is 366 g/mol. The lowest BCUT2D eigenvalue weighted by Gasteiger charge is -2.24. The van der Waals surface area contributed by atoms with Gasteiger partial charge in [0.25, 0.3) is 0 Å². The van der Waals surface area contributed by atoms with Gasteiger partial charge in [-0.3, -0.25) is 0 Å². The van der Waals surface area contributed by atoms with Gasteiger partial charge in [0.2, 0.25) is 0 Å². The fourth-order valence-corrected chi connectivity index (χ4v) is 2.91. The number of benzene rings is 1. The molecule has 5 nitrogen and oxygen atoms in total. The summed E-state index contributed by atoms with van der Waals surface area (Å²) >= 11 is 0. The molecule has 0 bridgehead atoms. The van der Waals surface area contributed by atoms with Crippen LogP contribution in [0.4, 0.5) is 0 Å². The maximum absolute atomic E-state index is 11.4. The Labute approximate surface area is 157 Å². The van der Waals surface area contributed by atoms with Crippen LogP contribution in [0.15, 0.2) is 18.2 Å². The molecular weight excluding hydrogens is 332 g/mol. The number of hydrogen-bond donors (Lipinski definition) is 2. The Kier molecular flexibility index (Phi) is 11.0. The molecule has 0 amide bonds. The lowest BCUT2D eigenvalue weighted by atomic mass is 10.0. The minimum absolute atomic E-state index is 0.0282. The van der Waals surface area contributed by atoms with Crippen molar-refractivity contribution in [1.29, 1.82) is 0 Å². The molecule has 0 aliphatic carbocycles. The van der Waals surface area contributed by atoms with E-state index in [2.05, 4.69) is 13.8 Å². The quantitative estimate of drug-likeness (QED) is 0.328. The van der Waals surface area contributed by atoms with Crippen molar-refractivity contribution in [1.82, 2.24) is 0 Å². The number of rotatable bonds is 14. The summed E-state index contributed by atoms with van der Waals surface area (Å²) in [5.74, 6) is -1.00. The van der Waals surface area contributed by atoms with Crippen molar-refractivity contribution in [2.24, 2.45) is 0 Å². The molecule has 1 aromatic carbocycles. The highest BCUT2D eigenvalue weighted by molar-refractivity contribution is 5.89. The lowest BCUT2D eigenvalue weighted by Crippen LogP contribution is -2.21. The molecule has 148 valence electrons. The van der Waals surface area contributed by atoms with Gasteiger partial charge in [0, 0.05) is 6.61 Å². The molecule has 0 radical (unpaired) electrons. The van der Waals surface area contributed by atoms with Crippen LogP contribution in [0.3, 0.4) is 0 Å². The molecule has 1 rings (SSSR count). The third-order valence-corrected chi connectivity index (χ3v) is 4.39. The van der Waals surface area contributed by atoms with Crippen LogP contribution in [0.1, 0.15) is 94.2 Å². The molecule has 0 aromatic heterocycles. The minimum Gasteiger partial charge on any atom is -0.508 e. The first-order valence-corrected chi connectivity index (χ1v) is 9.82. The van der Waals surface area contributed by atoms with Gasteiger partial charge >= 0.3 is 5.97 Å². The Hall–Kier alpha value is -1.59. The van der Waals surface area contributed by atoms with Crippen LogP contribution in [0.5, 0.6) is 5.75 Å². The van der Waals surface area contributed by atoms with Crippen molar-refractivity contribution in [3.63, 3.8) is 0 Å². The molecule has 26 heavy (non-hydrogen) atoms. The highest BCUT2D eigenvalue weighted by Crippen LogP contribution is 2.27. The zero-order valence-electron chi connectivity index (χ0n) is 16.4. The third kappa shape index (κ3) is 8.19. The van der Waals surface area contributed by atoms with Gasteiger partial charge in [-0.25, -0.2) is 4.79 Å². The van der Waals surface area contributed by atoms with E-state index < -0.39 is 12.1 Å². The summed E-state index contributed by atoms with van der Waals surface area (Å²) in [6.07, 6.45) is 8.03. The maximum atomic E-state index is 11.4. The van der Waals surface area contributed by atoms with Crippen LogP contribution in [-0.2, 0) is 9.47 Å². The van der Waals surface area contributed by atoms with Gasteiger partial charge in [-0.2, -0.15) is 0 Å². The van der Waals surface area contributed by atoms with Crippen LogP contribution in [-0.4, -0.2) is 29.1 Å². The Bertz CT molecular complexity index is 529. The van der Waals surface area contributed by atoms with Crippen LogP contribution in [0, 0.1) is 0 Å². The largest absolute Gasteiger partial charge is 0.508 e. The van der Waals surface area contributed by atoms with Crippen LogP contribution in [0.25, 0.3) is 0 Å². The summed E-state index contributed by atoms with van der Waals surface area (Å²) in [5.41, 5.74) is 0.600. The molecule has 2 atom stereocenters. The van der Waals surface area contributed by atoms with E-state index in [1.807, 2.05) is 0 Å². The molecular formula is C21H34O5. The fourth-order valence-electron chi connectivity index (χ4n) is 2.91. The number of phenols is 1. The van der Waals surface area contributed by atoms with Crippen molar-refractivity contribution >= 4 is 5.97 Å². The van der Waals surface area contributed by atoms with Crippen molar-refractivity contribution in [2.75, 3.05) is 6.61 Å². The second kappa shape index (κ2) is 12.7.